The van der Waals surface area contributed by atoms with E-state index in [9.17, 15) is 9.59 Å². The van der Waals surface area contributed by atoms with Crippen LogP contribution >= 0.6 is 0 Å². The van der Waals surface area contributed by atoms with E-state index < -0.39 is 5.41 Å². The monoisotopic (exact) mass is 409 g/mol. The van der Waals surface area contributed by atoms with E-state index in [2.05, 4.69) is 10.6 Å². The second kappa shape index (κ2) is 9.20. The maximum absolute atomic E-state index is 12.8. The van der Waals surface area contributed by atoms with Gasteiger partial charge in [0.05, 0.1) is 7.11 Å². The van der Waals surface area contributed by atoms with E-state index in [0.29, 0.717) is 32.5 Å². The number of ether oxygens (including phenoxy) is 1. The molecule has 0 aromatic heterocycles. The minimum atomic E-state index is -0.477. The van der Waals surface area contributed by atoms with Gasteiger partial charge >= 0.3 is 6.03 Å². The van der Waals surface area contributed by atoms with Crippen LogP contribution in [0.3, 0.4) is 0 Å². The van der Waals surface area contributed by atoms with Crippen molar-refractivity contribution in [3.63, 3.8) is 0 Å². The van der Waals surface area contributed by atoms with Crippen LogP contribution in [0.5, 0.6) is 5.75 Å². The number of nitrogens with one attached hydrogen (secondary N) is 2. The fourth-order valence-electron chi connectivity index (χ4n) is 3.67. The summed E-state index contributed by atoms with van der Waals surface area (Å²) in [5, 5.41) is 6.05. The molecule has 0 bridgehead atoms. The van der Waals surface area contributed by atoms with Crippen molar-refractivity contribution in [1.82, 2.24) is 10.2 Å². The number of carbonyl (C=O) groups excluding carboxylic acids is 2. The summed E-state index contributed by atoms with van der Waals surface area (Å²) in [6.45, 7) is 7.54. The maximum Gasteiger partial charge on any atom is 0.321 e. The van der Waals surface area contributed by atoms with Gasteiger partial charge in [0.2, 0.25) is 5.91 Å². The van der Waals surface area contributed by atoms with Crippen molar-refractivity contribution in [2.45, 2.75) is 40.2 Å². The zero-order valence-corrected chi connectivity index (χ0v) is 18.2. The highest BCUT2D eigenvalue weighted by Gasteiger charge is 2.38. The molecule has 1 aliphatic heterocycles. The zero-order valence-electron chi connectivity index (χ0n) is 18.2. The Hall–Kier alpha value is -3.02. The number of anilines is 1. The summed E-state index contributed by atoms with van der Waals surface area (Å²) >= 11 is 0. The predicted molar refractivity (Wildman–Crippen MR) is 119 cm³/mol. The Morgan fingerprint density at radius 3 is 2.53 bits per heavy atom. The molecule has 2 N–H and O–H groups in total. The van der Waals surface area contributed by atoms with Crippen molar-refractivity contribution in [3.8, 4) is 5.75 Å². The predicted octanol–water partition coefficient (Wildman–Crippen LogP) is 4.26. The van der Waals surface area contributed by atoms with Gasteiger partial charge in [0.25, 0.3) is 0 Å². The Labute approximate surface area is 178 Å². The number of methoxy groups -OCH3 is 1. The van der Waals surface area contributed by atoms with E-state index in [0.717, 1.165) is 28.1 Å². The zero-order chi connectivity index (χ0) is 21.7. The topological polar surface area (TPSA) is 70.7 Å². The smallest absolute Gasteiger partial charge is 0.321 e. The number of rotatable bonds is 5. The third kappa shape index (κ3) is 5.12. The number of likely N-dealkylation sites (tertiary alicyclic amines) is 1. The summed E-state index contributed by atoms with van der Waals surface area (Å²) in [5.41, 5.74) is 3.50. The van der Waals surface area contributed by atoms with Gasteiger partial charge in [0.1, 0.15) is 5.75 Å². The quantitative estimate of drug-likeness (QED) is 0.775. The largest absolute Gasteiger partial charge is 0.497 e. The first kappa shape index (κ1) is 21.7. The molecule has 3 amide bonds. The summed E-state index contributed by atoms with van der Waals surface area (Å²) in [6, 6.07) is 13.6. The summed E-state index contributed by atoms with van der Waals surface area (Å²) in [4.78, 5) is 27.3. The number of hydrogen-bond donors (Lipinski definition) is 2. The highest BCUT2D eigenvalue weighted by Crippen LogP contribution is 2.31. The van der Waals surface area contributed by atoms with Gasteiger partial charge in [-0.3, -0.25) is 4.79 Å². The van der Waals surface area contributed by atoms with Crippen LogP contribution in [-0.2, 0) is 11.3 Å². The molecule has 0 aliphatic carbocycles. The minimum Gasteiger partial charge on any atom is -0.497 e. The van der Waals surface area contributed by atoms with Crippen LogP contribution in [0.2, 0.25) is 0 Å². The molecular formula is C24H31N3O3. The van der Waals surface area contributed by atoms with Crippen molar-refractivity contribution in [2.75, 3.05) is 25.5 Å². The Morgan fingerprint density at radius 2 is 1.83 bits per heavy atom. The van der Waals surface area contributed by atoms with Gasteiger partial charge in [0, 0.05) is 30.7 Å². The van der Waals surface area contributed by atoms with Crippen LogP contribution in [-0.4, -0.2) is 37.0 Å². The van der Waals surface area contributed by atoms with Crippen LogP contribution in [0.15, 0.2) is 42.5 Å². The van der Waals surface area contributed by atoms with Crippen molar-refractivity contribution < 1.29 is 14.3 Å². The third-order valence-electron chi connectivity index (χ3n) is 5.92. The highest BCUT2D eigenvalue weighted by atomic mass is 16.5. The normalized spacial score (nSPS) is 15.4. The molecular weight excluding hydrogens is 378 g/mol. The Bertz CT molecular complexity index is 918. The van der Waals surface area contributed by atoms with Crippen LogP contribution < -0.4 is 15.4 Å². The van der Waals surface area contributed by atoms with E-state index in [1.54, 1.807) is 12.0 Å². The van der Waals surface area contributed by atoms with Crippen molar-refractivity contribution >= 4 is 17.6 Å². The first-order valence-electron chi connectivity index (χ1n) is 10.4. The molecule has 0 atom stereocenters. The van der Waals surface area contributed by atoms with Crippen LogP contribution in [0.4, 0.5) is 10.5 Å². The summed E-state index contributed by atoms with van der Waals surface area (Å²) in [6.07, 6.45) is 1.27. The molecule has 2 aromatic carbocycles. The number of hydrogen-bond acceptors (Lipinski definition) is 3. The van der Waals surface area contributed by atoms with E-state index in [1.807, 2.05) is 63.2 Å². The molecule has 6 nitrogen and oxygen atoms in total. The number of nitrogens with zero attached hydrogens (tertiary/aromatic N) is 1. The SMILES string of the molecule is COc1cccc(CNC(=O)C2(C)CCN(C(=O)Nc3cc(C)ccc3C)CC2)c1. The Kier molecular flexibility index (Phi) is 6.65. The molecule has 1 saturated heterocycles. The number of benzene rings is 2. The van der Waals surface area contributed by atoms with E-state index in [-0.39, 0.29) is 11.9 Å². The molecule has 3 rings (SSSR count). The lowest BCUT2D eigenvalue weighted by atomic mass is 9.79. The van der Waals surface area contributed by atoms with Gasteiger partial charge in [-0.15, -0.1) is 0 Å². The molecule has 1 aliphatic rings. The molecule has 30 heavy (non-hydrogen) atoms. The lowest BCUT2D eigenvalue weighted by molar-refractivity contribution is -0.132. The standard InChI is InChI=1S/C24H31N3O3/c1-17-8-9-18(2)21(14-17)26-23(29)27-12-10-24(3,11-13-27)22(28)25-16-19-6-5-7-20(15-19)30-4/h5-9,14-15H,10-13,16H2,1-4H3,(H,25,28)(H,26,29). The lowest BCUT2D eigenvalue weighted by Gasteiger charge is -2.38. The van der Waals surface area contributed by atoms with Crippen molar-refractivity contribution in [2.24, 2.45) is 5.41 Å². The third-order valence-corrected chi connectivity index (χ3v) is 5.92. The summed E-state index contributed by atoms with van der Waals surface area (Å²) in [7, 11) is 1.63. The van der Waals surface area contributed by atoms with Gasteiger partial charge in [0.15, 0.2) is 0 Å². The van der Waals surface area contributed by atoms with Crippen LogP contribution in [0, 0.1) is 19.3 Å². The van der Waals surface area contributed by atoms with Gasteiger partial charge in [-0.25, -0.2) is 4.79 Å². The molecule has 0 spiro atoms. The molecule has 1 fully saturated rings. The molecule has 2 aromatic rings. The minimum absolute atomic E-state index is 0.0277. The average molecular weight is 410 g/mol. The fraction of sp³-hybridized carbons (Fsp3) is 0.417. The number of aryl methyl sites for hydroxylation is 2. The second-order valence-electron chi connectivity index (χ2n) is 8.33. The average Bonchev–Trinajstić information content (AvgIpc) is 2.75. The second-order valence-corrected chi connectivity index (χ2v) is 8.33. The van der Waals surface area contributed by atoms with Crippen molar-refractivity contribution in [3.05, 3.63) is 59.2 Å². The van der Waals surface area contributed by atoms with Crippen molar-refractivity contribution in [1.29, 1.82) is 0 Å². The molecule has 0 saturated carbocycles. The lowest BCUT2D eigenvalue weighted by Crippen LogP contribution is -2.49. The summed E-state index contributed by atoms with van der Waals surface area (Å²) in [5.74, 6) is 0.802. The van der Waals surface area contributed by atoms with E-state index in [4.69, 9.17) is 4.74 Å². The fourth-order valence-corrected chi connectivity index (χ4v) is 3.67. The van der Waals surface area contributed by atoms with Crippen LogP contribution in [0.25, 0.3) is 0 Å². The summed E-state index contributed by atoms with van der Waals surface area (Å²) < 4.78 is 5.23. The van der Waals surface area contributed by atoms with Gasteiger partial charge in [-0.2, -0.15) is 0 Å². The van der Waals surface area contributed by atoms with Crippen LogP contribution in [0.1, 0.15) is 36.5 Å². The molecule has 0 unspecified atom stereocenters. The van der Waals surface area contributed by atoms with E-state index >= 15 is 0 Å². The number of amides is 3. The molecule has 160 valence electrons. The molecule has 1 heterocycles. The van der Waals surface area contributed by atoms with Gasteiger partial charge < -0.3 is 20.3 Å². The number of urea groups is 1. The van der Waals surface area contributed by atoms with E-state index in [1.165, 1.54) is 0 Å². The number of piperidine rings is 1. The first-order chi connectivity index (χ1) is 14.3. The molecule has 0 radical (unpaired) electrons. The van der Waals surface area contributed by atoms with Gasteiger partial charge in [-0.05, 0) is 61.6 Å². The molecule has 6 heteroatoms. The highest BCUT2D eigenvalue weighted by molar-refractivity contribution is 5.90. The Balaban J connectivity index is 1.53. The Morgan fingerprint density at radius 1 is 1.10 bits per heavy atom. The first-order valence-corrected chi connectivity index (χ1v) is 10.4. The van der Waals surface area contributed by atoms with Gasteiger partial charge in [-0.1, -0.05) is 31.2 Å². The number of carbonyl (C=O) groups is 2. The maximum atomic E-state index is 12.8.